The maximum Gasteiger partial charge on any atom is 0.321 e. The second kappa shape index (κ2) is 8.30. The Bertz CT molecular complexity index is 1210. The molecule has 1 heterocycles. The molecule has 38 heavy (non-hydrogen) atoms. The summed E-state index contributed by atoms with van der Waals surface area (Å²) in [5.41, 5.74) is -1.52. The van der Waals surface area contributed by atoms with E-state index in [4.69, 9.17) is 14.2 Å². The van der Waals surface area contributed by atoms with Crippen molar-refractivity contribution in [3.8, 4) is 0 Å². The maximum atomic E-state index is 13.0. The fourth-order valence-corrected chi connectivity index (χ4v) is 9.18. The molecule has 0 radical (unpaired) electrons. The summed E-state index contributed by atoms with van der Waals surface area (Å²) in [5, 5.41) is 9.96. The molecule has 5 aliphatic rings. The number of ketones is 1. The number of allylic oxidation sites excluding steroid dienone is 3. The third-order valence-corrected chi connectivity index (χ3v) is 10.9. The molecule has 5 rings (SSSR count). The van der Waals surface area contributed by atoms with Crippen molar-refractivity contribution in [1.29, 1.82) is 0 Å². The molecular weight excluding hydrogens is 488 g/mol. The molecule has 0 aromatic heterocycles. The zero-order valence-electron chi connectivity index (χ0n) is 23.2. The smallest absolute Gasteiger partial charge is 0.321 e. The number of aliphatic hydroxyl groups is 1. The van der Waals surface area contributed by atoms with Gasteiger partial charge in [-0.1, -0.05) is 52.3 Å². The molecule has 2 saturated carbocycles. The van der Waals surface area contributed by atoms with Gasteiger partial charge in [0.05, 0.1) is 5.92 Å². The first kappa shape index (κ1) is 26.7. The van der Waals surface area contributed by atoms with Crippen molar-refractivity contribution in [2.45, 2.75) is 79.9 Å². The van der Waals surface area contributed by atoms with Crippen molar-refractivity contribution in [1.82, 2.24) is 0 Å². The number of carbonyl (C=O) groups excluding carboxylic acids is 4. The third-order valence-electron chi connectivity index (χ3n) is 10.9. The number of ether oxygens (including phenoxy) is 3. The van der Waals surface area contributed by atoms with E-state index in [1.165, 1.54) is 19.9 Å². The van der Waals surface area contributed by atoms with Crippen LogP contribution in [0.5, 0.6) is 0 Å². The van der Waals surface area contributed by atoms with Gasteiger partial charge in [-0.05, 0) is 48.5 Å². The van der Waals surface area contributed by atoms with E-state index in [0.29, 0.717) is 19.3 Å². The zero-order valence-corrected chi connectivity index (χ0v) is 23.2. The Kier molecular flexibility index (Phi) is 5.83. The number of rotatable bonds is 3. The molecule has 9 atom stereocenters. The molecule has 1 aliphatic heterocycles. The highest BCUT2D eigenvalue weighted by Gasteiger charge is 2.71. The van der Waals surface area contributed by atoms with Gasteiger partial charge < -0.3 is 19.3 Å². The summed E-state index contributed by atoms with van der Waals surface area (Å²) in [6.07, 6.45) is 7.68. The molecule has 0 spiro atoms. The highest BCUT2D eigenvalue weighted by molar-refractivity contribution is 5.95. The minimum atomic E-state index is -0.771. The van der Waals surface area contributed by atoms with Crippen molar-refractivity contribution >= 4 is 23.7 Å². The van der Waals surface area contributed by atoms with Crippen molar-refractivity contribution < 1.29 is 38.5 Å². The number of esters is 3. The third kappa shape index (κ3) is 3.40. The Balaban J connectivity index is 1.70. The SMILES string of the molecule is CC(=O)OC1CC2C3(C)C=CC(=O)C(C)(C)C3CC(OC(C)=O)C2(C)C2=CCC(C3C=C(O)OC3=O)C21C. The highest BCUT2D eigenvalue weighted by atomic mass is 16.6. The summed E-state index contributed by atoms with van der Waals surface area (Å²) in [7, 11) is 0. The average molecular weight is 527 g/mol. The van der Waals surface area contributed by atoms with E-state index in [1.807, 2.05) is 26.8 Å². The van der Waals surface area contributed by atoms with Gasteiger partial charge in [-0.15, -0.1) is 0 Å². The number of cyclic esters (lactones) is 1. The Morgan fingerprint density at radius 3 is 2.08 bits per heavy atom. The van der Waals surface area contributed by atoms with Gasteiger partial charge in [0.15, 0.2) is 5.78 Å². The van der Waals surface area contributed by atoms with Crippen molar-refractivity contribution in [3.05, 3.63) is 35.8 Å². The van der Waals surface area contributed by atoms with Gasteiger partial charge in [0.2, 0.25) is 0 Å². The first-order chi connectivity index (χ1) is 17.6. The van der Waals surface area contributed by atoms with E-state index in [9.17, 15) is 24.3 Å². The van der Waals surface area contributed by atoms with Crippen LogP contribution in [0.4, 0.5) is 0 Å². The van der Waals surface area contributed by atoms with Crippen LogP contribution < -0.4 is 0 Å². The summed E-state index contributed by atoms with van der Waals surface area (Å²) in [5.74, 6) is -2.93. The van der Waals surface area contributed by atoms with E-state index in [1.54, 1.807) is 6.08 Å². The lowest BCUT2D eigenvalue weighted by molar-refractivity contribution is -0.206. The number of hydrogen-bond acceptors (Lipinski definition) is 8. The molecular formula is C30H38O8. The molecule has 4 aliphatic carbocycles. The van der Waals surface area contributed by atoms with Crippen molar-refractivity contribution in [2.24, 2.45) is 45.3 Å². The van der Waals surface area contributed by atoms with Crippen LogP contribution in [0, 0.1) is 45.3 Å². The summed E-state index contributed by atoms with van der Waals surface area (Å²) < 4.78 is 17.1. The molecule has 206 valence electrons. The van der Waals surface area contributed by atoms with Crippen LogP contribution in [0.3, 0.4) is 0 Å². The van der Waals surface area contributed by atoms with Crippen LogP contribution in [0.2, 0.25) is 0 Å². The molecule has 2 fully saturated rings. The lowest BCUT2D eigenvalue weighted by Gasteiger charge is -2.67. The highest BCUT2D eigenvalue weighted by Crippen LogP contribution is 2.73. The molecule has 0 saturated heterocycles. The van der Waals surface area contributed by atoms with Crippen molar-refractivity contribution in [3.63, 3.8) is 0 Å². The van der Waals surface area contributed by atoms with E-state index in [-0.39, 0.29) is 29.5 Å². The van der Waals surface area contributed by atoms with E-state index in [0.717, 1.165) is 5.57 Å². The Morgan fingerprint density at radius 1 is 0.947 bits per heavy atom. The number of fused-ring (bicyclic) bond motifs is 5. The van der Waals surface area contributed by atoms with Crippen molar-refractivity contribution in [2.75, 3.05) is 0 Å². The van der Waals surface area contributed by atoms with Crippen LogP contribution >= 0.6 is 0 Å². The largest absolute Gasteiger partial charge is 0.481 e. The second-order valence-electron chi connectivity index (χ2n) is 13.0. The van der Waals surface area contributed by atoms with E-state index in [2.05, 4.69) is 19.9 Å². The van der Waals surface area contributed by atoms with Crippen LogP contribution in [0.15, 0.2) is 35.8 Å². The zero-order chi connectivity index (χ0) is 28.0. The minimum Gasteiger partial charge on any atom is -0.481 e. The van der Waals surface area contributed by atoms with E-state index >= 15 is 0 Å². The number of aliphatic hydroxyl groups excluding tert-OH is 1. The summed E-state index contributed by atoms with van der Waals surface area (Å²) in [4.78, 5) is 50.7. The average Bonchev–Trinajstić information content (AvgIpc) is 3.33. The topological polar surface area (TPSA) is 116 Å². The molecule has 1 N–H and O–H groups in total. The standard InChI is InChI=1S/C30H38O8/c1-15(31)36-23-14-21-28(5)11-10-22(33)27(3,4)20(28)13-24(37-16(2)32)30(21,7)19-9-8-18(29(19,23)6)17-12-25(34)38-26(17)35/h9-12,17-18,20-21,23-24,34H,8,13-14H2,1-7H3. The molecule has 0 bridgehead atoms. The molecule has 0 aromatic carbocycles. The molecule has 0 amide bonds. The first-order valence-corrected chi connectivity index (χ1v) is 13.5. The molecule has 9 unspecified atom stereocenters. The summed E-state index contributed by atoms with van der Waals surface area (Å²) in [6.45, 7) is 13.0. The van der Waals surface area contributed by atoms with Gasteiger partial charge in [-0.3, -0.25) is 19.2 Å². The van der Waals surface area contributed by atoms with E-state index < -0.39 is 57.7 Å². The first-order valence-electron chi connectivity index (χ1n) is 13.5. The normalized spacial score (nSPS) is 44.7. The lowest BCUT2D eigenvalue weighted by atomic mass is 9.38. The lowest BCUT2D eigenvalue weighted by Crippen LogP contribution is -2.67. The van der Waals surface area contributed by atoms with Crippen LogP contribution in [-0.2, 0) is 33.4 Å². The molecule has 0 aromatic rings. The van der Waals surface area contributed by atoms with Crippen LogP contribution in [0.25, 0.3) is 0 Å². The molecule has 8 nitrogen and oxygen atoms in total. The quantitative estimate of drug-likeness (QED) is 0.322. The van der Waals surface area contributed by atoms with Gasteiger partial charge in [0, 0.05) is 36.2 Å². The maximum absolute atomic E-state index is 13.0. The molecule has 8 heteroatoms. The predicted octanol–water partition coefficient (Wildman–Crippen LogP) is 4.59. The fraction of sp³-hybridized carbons (Fsp3) is 0.667. The van der Waals surface area contributed by atoms with Gasteiger partial charge in [0.1, 0.15) is 12.2 Å². The summed E-state index contributed by atoms with van der Waals surface area (Å²) >= 11 is 0. The monoisotopic (exact) mass is 526 g/mol. The Labute approximate surface area is 223 Å². The minimum absolute atomic E-state index is 0.0498. The Morgan fingerprint density at radius 2 is 1.53 bits per heavy atom. The number of hydrogen-bond donors (Lipinski definition) is 1. The van der Waals surface area contributed by atoms with Gasteiger partial charge in [0.25, 0.3) is 5.95 Å². The van der Waals surface area contributed by atoms with Crippen LogP contribution in [0.1, 0.15) is 67.7 Å². The van der Waals surface area contributed by atoms with Crippen LogP contribution in [-0.4, -0.2) is 41.0 Å². The second-order valence-corrected chi connectivity index (χ2v) is 13.0. The Hall–Kier alpha value is -2.90. The number of carbonyl (C=O) groups is 4. The predicted molar refractivity (Wildman–Crippen MR) is 136 cm³/mol. The van der Waals surface area contributed by atoms with Gasteiger partial charge in [-0.25, -0.2) is 0 Å². The van der Waals surface area contributed by atoms with Gasteiger partial charge in [-0.2, -0.15) is 0 Å². The van der Waals surface area contributed by atoms with Gasteiger partial charge >= 0.3 is 17.9 Å². The fourth-order valence-electron chi connectivity index (χ4n) is 9.18. The summed E-state index contributed by atoms with van der Waals surface area (Å²) in [6, 6.07) is 0.